The maximum Gasteiger partial charge on any atom is 0.203 e. The van der Waals surface area contributed by atoms with Gasteiger partial charge in [0.15, 0.2) is 16.6 Å². The van der Waals surface area contributed by atoms with Gasteiger partial charge in [-0.1, -0.05) is 0 Å². The number of hydrogen-bond acceptors (Lipinski definition) is 5. The van der Waals surface area contributed by atoms with Gasteiger partial charge in [0, 0.05) is 12.2 Å². The molecule has 0 aliphatic heterocycles. The zero-order valence-corrected chi connectivity index (χ0v) is 16.5. The minimum absolute atomic E-state index is 0.512. The standard InChI is InChI=1S/C19H24N2O4S/c1-12-8-14(22-2)6-7-15(12)21-19(26)20-11-13-9-16(23-3)18(25-5)17(10-13)24-4/h6-10H,11H2,1-5H3,(H2,20,21,26). The van der Waals surface area contributed by atoms with Crippen LogP contribution in [0.3, 0.4) is 0 Å². The topological polar surface area (TPSA) is 61.0 Å². The number of benzene rings is 2. The Hall–Kier alpha value is -2.67. The third-order valence-electron chi connectivity index (χ3n) is 3.86. The van der Waals surface area contributed by atoms with Crippen molar-refractivity contribution in [2.45, 2.75) is 13.5 Å². The molecule has 0 amide bonds. The van der Waals surface area contributed by atoms with Crippen LogP contribution in [0, 0.1) is 6.92 Å². The van der Waals surface area contributed by atoms with Crippen molar-refractivity contribution in [3.05, 3.63) is 41.5 Å². The second-order valence-corrected chi connectivity index (χ2v) is 5.93. The molecule has 0 spiro atoms. The van der Waals surface area contributed by atoms with Gasteiger partial charge >= 0.3 is 0 Å². The highest BCUT2D eigenvalue weighted by atomic mass is 32.1. The first kappa shape index (κ1) is 19.7. The molecule has 0 heterocycles. The SMILES string of the molecule is COc1ccc(NC(=S)NCc2cc(OC)c(OC)c(OC)c2)c(C)c1. The molecule has 0 aliphatic rings. The molecule has 0 aliphatic carbocycles. The first-order valence-electron chi connectivity index (χ1n) is 8.00. The maximum atomic E-state index is 5.39. The van der Waals surface area contributed by atoms with Crippen LogP contribution in [0.15, 0.2) is 30.3 Å². The van der Waals surface area contributed by atoms with Crippen LogP contribution < -0.4 is 29.6 Å². The van der Waals surface area contributed by atoms with E-state index < -0.39 is 0 Å². The van der Waals surface area contributed by atoms with Gasteiger partial charge in [-0.2, -0.15) is 0 Å². The summed E-state index contributed by atoms with van der Waals surface area (Å²) in [6, 6.07) is 9.54. The number of aryl methyl sites for hydroxylation is 1. The zero-order valence-electron chi connectivity index (χ0n) is 15.6. The van der Waals surface area contributed by atoms with Crippen molar-refractivity contribution in [1.29, 1.82) is 0 Å². The Labute approximate surface area is 159 Å². The van der Waals surface area contributed by atoms with E-state index in [2.05, 4.69) is 10.6 Å². The number of thiocarbonyl (C=S) groups is 1. The summed E-state index contributed by atoms with van der Waals surface area (Å²) in [5.74, 6) is 2.58. The Balaban J connectivity index is 2.05. The average molecular weight is 376 g/mol. The fourth-order valence-electron chi connectivity index (χ4n) is 2.49. The van der Waals surface area contributed by atoms with Gasteiger partial charge in [-0.05, 0) is 60.6 Å². The molecule has 0 saturated heterocycles. The Morgan fingerprint density at radius 3 is 2.08 bits per heavy atom. The molecule has 0 unspecified atom stereocenters. The molecule has 140 valence electrons. The molecular formula is C19H24N2O4S. The van der Waals surface area contributed by atoms with E-state index in [-0.39, 0.29) is 0 Å². The second-order valence-electron chi connectivity index (χ2n) is 5.52. The number of ether oxygens (including phenoxy) is 4. The molecule has 2 aromatic carbocycles. The van der Waals surface area contributed by atoms with Gasteiger partial charge in [0.1, 0.15) is 5.75 Å². The van der Waals surface area contributed by atoms with E-state index >= 15 is 0 Å². The summed E-state index contributed by atoms with van der Waals surface area (Å²) >= 11 is 5.39. The normalized spacial score (nSPS) is 10.0. The Morgan fingerprint density at radius 1 is 0.923 bits per heavy atom. The third-order valence-corrected chi connectivity index (χ3v) is 4.11. The summed E-state index contributed by atoms with van der Waals surface area (Å²) in [5.41, 5.74) is 2.92. The van der Waals surface area contributed by atoms with Gasteiger partial charge in [-0.15, -0.1) is 0 Å². The van der Waals surface area contributed by atoms with Crippen LogP contribution in [0.5, 0.6) is 23.0 Å². The van der Waals surface area contributed by atoms with Crippen LogP contribution in [0.1, 0.15) is 11.1 Å². The highest BCUT2D eigenvalue weighted by Crippen LogP contribution is 2.38. The van der Waals surface area contributed by atoms with Gasteiger partial charge in [-0.3, -0.25) is 0 Å². The lowest BCUT2D eigenvalue weighted by molar-refractivity contribution is 0.323. The fraction of sp³-hybridized carbons (Fsp3) is 0.316. The Bertz CT molecular complexity index is 755. The predicted octanol–water partition coefficient (Wildman–Crippen LogP) is 3.52. The lowest BCUT2D eigenvalue weighted by Crippen LogP contribution is -2.28. The van der Waals surface area contributed by atoms with E-state index in [4.69, 9.17) is 31.2 Å². The monoisotopic (exact) mass is 376 g/mol. The molecule has 2 N–H and O–H groups in total. The fourth-order valence-corrected chi connectivity index (χ4v) is 2.67. The molecule has 0 bridgehead atoms. The Morgan fingerprint density at radius 2 is 1.58 bits per heavy atom. The Kier molecular flexibility index (Phi) is 6.91. The minimum atomic E-state index is 0.512. The van der Waals surface area contributed by atoms with Crippen LogP contribution in [-0.2, 0) is 6.54 Å². The van der Waals surface area contributed by atoms with Crippen LogP contribution >= 0.6 is 12.2 Å². The third kappa shape index (κ3) is 4.70. The van der Waals surface area contributed by atoms with Crippen LogP contribution in [0.4, 0.5) is 5.69 Å². The molecule has 0 atom stereocenters. The molecule has 0 saturated carbocycles. The summed E-state index contributed by atoms with van der Waals surface area (Å²) < 4.78 is 21.3. The number of rotatable bonds is 7. The highest BCUT2D eigenvalue weighted by molar-refractivity contribution is 7.80. The lowest BCUT2D eigenvalue weighted by atomic mass is 10.1. The van der Waals surface area contributed by atoms with Crippen LogP contribution in [-0.4, -0.2) is 33.6 Å². The molecule has 2 aromatic rings. The van der Waals surface area contributed by atoms with E-state index in [1.807, 2.05) is 37.3 Å². The van der Waals surface area contributed by atoms with Crippen molar-refractivity contribution >= 4 is 23.0 Å². The van der Waals surface area contributed by atoms with Gasteiger partial charge in [-0.25, -0.2) is 0 Å². The van der Waals surface area contributed by atoms with Crippen LogP contribution in [0.2, 0.25) is 0 Å². The summed E-state index contributed by atoms with van der Waals surface area (Å²) in [6.45, 7) is 2.50. The summed E-state index contributed by atoms with van der Waals surface area (Å²) in [7, 11) is 6.40. The van der Waals surface area contributed by atoms with Crippen LogP contribution in [0.25, 0.3) is 0 Å². The van der Waals surface area contributed by atoms with Gasteiger partial charge < -0.3 is 29.6 Å². The molecule has 7 heteroatoms. The molecule has 2 rings (SSSR count). The molecule has 0 aromatic heterocycles. The number of hydrogen-bond donors (Lipinski definition) is 2. The minimum Gasteiger partial charge on any atom is -0.497 e. The average Bonchev–Trinajstić information content (AvgIpc) is 2.66. The maximum absolute atomic E-state index is 5.39. The van der Waals surface area contributed by atoms with E-state index in [1.54, 1.807) is 28.4 Å². The summed E-state index contributed by atoms with van der Waals surface area (Å²) in [4.78, 5) is 0. The van der Waals surface area contributed by atoms with Crippen molar-refractivity contribution in [2.75, 3.05) is 33.8 Å². The number of anilines is 1. The summed E-state index contributed by atoms with van der Waals surface area (Å²) in [6.07, 6.45) is 0. The van der Waals surface area contributed by atoms with E-state index in [0.29, 0.717) is 28.9 Å². The summed E-state index contributed by atoms with van der Waals surface area (Å²) in [5, 5.41) is 6.89. The van der Waals surface area contributed by atoms with Gasteiger partial charge in [0.2, 0.25) is 5.75 Å². The number of methoxy groups -OCH3 is 4. The van der Waals surface area contributed by atoms with Crippen molar-refractivity contribution < 1.29 is 18.9 Å². The van der Waals surface area contributed by atoms with E-state index in [9.17, 15) is 0 Å². The first-order valence-corrected chi connectivity index (χ1v) is 8.41. The predicted molar refractivity (Wildman–Crippen MR) is 107 cm³/mol. The molecular weight excluding hydrogens is 352 g/mol. The van der Waals surface area contributed by atoms with E-state index in [0.717, 1.165) is 22.6 Å². The quantitative estimate of drug-likeness (QED) is 0.717. The van der Waals surface area contributed by atoms with Crippen molar-refractivity contribution in [1.82, 2.24) is 5.32 Å². The number of nitrogens with one attached hydrogen (secondary N) is 2. The highest BCUT2D eigenvalue weighted by Gasteiger charge is 2.13. The van der Waals surface area contributed by atoms with Crippen molar-refractivity contribution in [3.63, 3.8) is 0 Å². The second kappa shape index (κ2) is 9.15. The molecule has 0 radical (unpaired) electrons. The smallest absolute Gasteiger partial charge is 0.203 e. The van der Waals surface area contributed by atoms with Crippen molar-refractivity contribution in [3.8, 4) is 23.0 Å². The lowest BCUT2D eigenvalue weighted by Gasteiger charge is -2.16. The zero-order chi connectivity index (χ0) is 19.1. The first-order chi connectivity index (χ1) is 12.5. The van der Waals surface area contributed by atoms with Gasteiger partial charge in [0.05, 0.1) is 28.4 Å². The molecule has 26 heavy (non-hydrogen) atoms. The molecule has 6 nitrogen and oxygen atoms in total. The van der Waals surface area contributed by atoms with Gasteiger partial charge in [0.25, 0.3) is 0 Å². The molecule has 0 fully saturated rings. The largest absolute Gasteiger partial charge is 0.497 e. The van der Waals surface area contributed by atoms with Crippen molar-refractivity contribution in [2.24, 2.45) is 0 Å². The van der Waals surface area contributed by atoms with E-state index in [1.165, 1.54) is 0 Å².